The molecule has 1 aromatic carbocycles. The van der Waals surface area contributed by atoms with Gasteiger partial charge in [-0.2, -0.15) is 13.2 Å². The Kier molecular flexibility index (Phi) is 7.49. The van der Waals surface area contributed by atoms with Crippen molar-refractivity contribution < 1.29 is 31.5 Å². The van der Waals surface area contributed by atoms with Crippen LogP contribution in [0.4, 0.5) is 22.0 Å². The number of aromatic nitrogens is 1. The summed E-state index contributed by atoms with van der Waals surface area (Å²) in [5.74, 6) is -2.59. The normalized spacial score (nSPS) is 14.9. The van der Waals surface area contributed by atoms with E-state index in [9.17, 15) is 31.5 Å². The molecule has 0 spiro atoms. The zero-order valence-electron chi connectivity index (χ0n) is 19.6. The Morgan fingerprint density at radius 1 is 1.17 bits per heavy atom. The zero-order valence-corrected chi connectivity index (χ0v) is 19.6. The SMILES string of the molecule is CC(C)(C)NC(=O)c1cc2c(nc1C(F)(F)F)CN(C(=O)C[C@@H](N)Cc1cc(F)ccc1F)CC2. The molecule has 2 heterocycles. The first-order valence-corrected chi connectivity index (χ1v) is 11.0. The quantitative estimate of drug-likeness (QED) is 0.615. The minimum absolute atomic E-state index is 0.0341. The van der Waals surface area contributed by atoms with Gasteiger partial charge >= 0.3 is 6.18 Å². The summed E-state index contributed by atoms with van der Waals surface area (Å²) < 4.78 is 68.4. The number of hydrogen-bond donors (Lipinski definition) is 2. The number of nitrogens with one attached hydrogen (secondary N) is 1. The van der Waals surface area contributed by atoms with Crippen molar-refractivity contribution in [2.75, 3.05) is 6.54 Å². The Bertz CT molecular complexity index is 1130. The second-order valence-corrected chi connectivity index (χ2v) is 9.66. The highest BCUT2D eigenvalue weighted by atomic mass is 19.4. The fraction of sp³-hybridized carbons (Fsp3) is 0.458. The van der Waals surface area contributed by atoms with Gasteiger partial charge in [0.05, 0.1) is 17.8 Å². The molecule has 11 heteroatoms. The van der Waals surface area contributed by atoms with E-state index >= 15 is 0 Å². The van der Waals surface area contributed by atoms with Crippen molar-refractivity contribution in [2.24, 2.45) is 5.73 Å². The van der Waals surface area contributed by atoms with E-state index in [2.05, 4.69) is 10.3 Å². The number of amides is 2. The van der Waals surface area contributed by atoms with Gasteiger partial charge in [-0.15, -0.1) is 0 Å². The van der Waals surface area contributed by atoms with E-state index in [0.29, 0.717) is 5.56 Å². The van der Waals surface area contributed by atoms with E-state index in [1.165, 1.54) is 11.0 Å². The maximum Gasteiger partial charge on any atom is 0.434 e. The monoisotopic (exact) mass is 498 g/mol. The van der Waals surface area contributed by atoms with Crippen LogP contribution in [0.5, 0.6) is 0 Å². The van der Waals surface area contributed by atoms with Crippen molar-refractivity contribution >= 4 is 11.8 Å². The van der Waals surface area contributed by atoms with Crippen LogP contribution in [0.2, 0.25) is 0 Å². The molecule has 1 aliphatic heterocycles. The molecular formula is C24H27F5N4O2. The van der Waals surface area contributed by atoms with Crippen LogP contribution in [0.25, 0.3) is 0 Å². The molecule has 1 aromatic heterocycles. The number of fused-ring (bicyclic) bond motifs is 1. The van der Waals surface area contributed by atoms with Crippen LogP contribution in [0.3, 0.4) is 0 Å². The third-order valence-electron chi connectivity index (χ3n) is 5.46. The number of rotatable bonds is 5. The summed E-state index contributed by atoms with van der Waals surface area (Å²) in [5, 5.41) is 2.52. The maximum absolute atomic E-state index is 13.9. The molecule has 0 fully saturated rings. The first-order chi connectivity index (χ1) is 16.1. The molecule has 0 aliphatic carbocycles. The standard InChI is InChI=1S/C24H27F5N4O2/c1-23(2,3)32-22(35)17-10-13-6-7-33(12-19(13)31-21(17)24(27,28)29)20(34)11-16(30)9-14-8-15(25)4-5-18(14)26/h4-5,8,10,16H,6-7,9,11-12,30H2,1-3H3,(H,32,35)/t16-/m0/s1. The Labute approximate surface area is 199 Å². The topological polar surface area (TPSA) is 88.3 Å². The second kappa shape index (κ2) is 9.88. The van der Waals surface area contributed by atoms with E-state index in [1.54, 1.807) is 20.8 Å². The van der Waals surface area contributed by atoms with E-state index in [4.69, 9.17) is 5.73 Å². The average Bonchev–Trinajstić information content (AvgIpc) is 2.73. The van der Waals surface area contributed by atoms with Gasteiger partial charge in [0.15, 0.2) is 5.69 Å². The fourth-order valence-corrected chi connectivity index (χ4v) is 3.88. The number of hydrogen-bond acceptors (Lipinski definition) is 4. The van der Waals surface area contributed by atoms with Gasteiger partial charge in [0.2, 0.25) is 5.91 Å². The summed E-state index contributed by atoms with van der Waals surface area (Å²) in [7, 11) is 0. The first kappa shape index (κ1) is 26.5. The van der Waals surface area contributed by atoms with E-state index in [-0.39, 0.29) is 43.6 Å². The molecule has 3 rings (SSSR count). The van der Waals surface area contributed by atoms with Crippen LogP contribution < -0.4 is 11.1 Å². The summed E-state index contributed by atoms with van der Waals surface area (Å²) in [6, 6.07) is 3.32. The number of pyridine rings is 1. The Balaban J connectivity index is 1.76. The van der Waals surface area contributed by atoms with Crippen molar-refractivity contribution in [1.82, 2.24) is 15.2 Å². The average molecular weight is 498 g/mol. The van der Waals surface area contributed by atoms with Crippen LogP contribution in [0.1, 0.15) is 60.1 Å². The number of carbonyl (C=O) groups is 2. The molecule has 6 nitrogen and oxygen atoms in total. The third-order valence-corrected chi connectivity index (χ3v) is 5.46. The molecule has 0 unspecified atom stereocenters. The summed E-state index contributed by atoms with van der Waals surface area (Å²) >= 11 is 0. The van der Waals surface area contributed by atoms with E-state index in [1.807, 2.05) is 0 Å². The molecule has 0 saturated carbocycles. The Hall–Kier alpha value is -3.08. The van der Waals surface area contributed by atoms with Gasteiger partial charge in [-0.3, -0.25) is 9.59 Å². The lowest BCUT2D eigenvalue weighted by atomic mass is 9.98. The van der Waals surface area contributed by atoms with Crippen molar-refractivity contribution in [2.45, 2.75) is 64.3 Å². The summed E-state index contributed by atoms with van der Waals surface area (Å²) in [5.41, 5.74) is 3.88. The molecule has 190 valence electrons. The molecule has 0 saturated heterocycles. The number of nitrogens with two attached hydrogens (primary N) is 1. The van der Waals surface area contributed by atoms with Crippen LogP contribution in [0.15, 0.2) is 24.3 Å². The summed E-state index contributed by atoms with van der Waals surface area (Å²) in [6.45, 7) is 4.97. The van der Waals surface area contributed by atoms with Gasteiger partial charge in [-0.25, -0.2) is 13.8 Å². The fourth-order valence-electron chi connectivity index (χ4n) is 3.88. The largest absolute Gasteiger partial charge is 0.434 e. The van der Waals surface area contributed by atoms with Gasteiger partial charge in [0, 0.05) is 24.5 Å². The first-order valence-electron chi connectivity index (χ1n) is 11.0. The molecule has 2 aromatic rings. The molecule has 0 radical (unpaired) electrons. The van der Waals surface area contributed by atoms with Crippen LogP contribution in [-0.2, 0) is 30.4 Å². The molecule has 0 bridgehead atoms. The van der Waals surface area contributed by atoms with Gasteiger partial charge in [-0.05, 0) is 69.0 Å². The molecule has 1 atom stereocenters. The van der Waals surface area contributed by atoms with Gasteiger partial charge in [-0.1, -0.05) is 0 Å². The van der Waals surface area contributed by atoms with Crippen molar-refractivity contribution in [3.8, 4) is 0 Å². The lowest BCUT2D eigenvalue weighted by molar-refractivity contribution is -0.141. The van der Waals surface area contributed by atoms with Crippen molar-refractivity contribution in [3.63, 3.8) is 0 Å². The zero-order chi connectivity index (χ0) is 26.1. The van der Waals surface area contributed by atoms with Gasteiger partial charge < -0.3 is 16.0 Å². The molecule has 2 amide bonds. The van der Waals surface area contributed by atoms with Gasteiger partial charge in [0.25, 0.3) is 5.91 Å². The number of carbonyl (C=O) groups excluding carboxylic acids is 2. The summed E-state index contributed by atoms with van der Waals surface area (Å²) in [4.78, 5) is 30.3. The number of alkyl halides is 3. The minimum atomic E-state index is -4.87. The highest BCUT2D eigenvalue weighted by molar-refractivity contribution is 5.96. The van der Waals surface area contributed by atoms with Crippen LogP contribution in [0, 0.1) is 11.6 Å². The predicted molar refractivity (Wildman–Crippen MR) is 118 cm³/mol. The van der Waals surface area contributed by atoms with Crippen molar-refractivity contribution in [3.05, 3.63) is 64.0 Å². The number of benzene rings is 1. The second-order valence-electron chi connectivity index (χ2n) is 9.66. The third kappa shape index (κ3) is 6.74. The van der Waals surface area contributed by atoms with Crippen molar-refractivity contribution in [1.29, 1.82) is 0 Å². The number of nitrogens with zero attached hydrogens (tertiary/aromatic N) is 2. The Morgan fingerprint density at radius 2 is 1.86 bits per heavy atom. The van der Waals surface area contributed by atoms with Crippen LogP contribution in [-0.4, -0.2) is 39.8 Å². The predicted octanol–water partition coefficient (Wildman–Crippen LogP) is 3.75. The lowest BCUT2D eigenvalue weighted by Crippen LogP contribution is -2.42. The molecule has 1 aliphatic rings. The molecular weight excluding hydrogens is 471 g/mol. The summed E-state index contributed by atoms with van der Waals surface area (Å²) in [6.07, 6.45) is -4.95. The smallest absolute Gasteiger partial charge is 0.347 e. The highest BCUT2D eigenvalue weighted by Gasteiger charge is 2.39. The number of halogens is 5. The van der Waals surface area contributed by atoms with E-state index < -0.39 is 52.5 Å². The maximum atomic E-state index is 13.9. The molecule has 35 heavy (non-hydrogen) atoms. The Morgan fingerprint density at radius 3 is 2.49 bits per heavy atom. The van der Waals surface area contributed by atoms with Crippen LogP contribution >= 0.6 is 0 Å². The lowest BCUT2D eigenvalue weighted by Gasteiger charge is -2.30. The minimum Gasteiger partial charge on any atom is -0.347 e. The van der Waals surface area contributed by atoms with Gasteiger partial charge in [0.1, 0.15) is 11.6 Å². The molecule has 3 N–H and O–H groups in total. The van der Waals surface area contributed by atoms with E-state index in [0.717, 1.165) is 18.2 Å². The highest BCUT2D eigenvalue weighted by Crippen LogP contribution is 2.33.